The van der Waals surface area contributed by atoms with Crippen LogP contribution in [0.2, 0.25) is 0 Å². The summed E-state index contributed by atoms with van der Waals surface area (Å²) in [6, 6.07) is 6.67. The number of benzene rings is 1. The number of aliphatic hydroxyl groups excluding tert-OH is 2. The minimum absolute atomic E-state index is 0.177. The van der Waals surface area contributed by atoms with Gasteiger partial charge in [0.05, 0.1) is 30.0 Å². The van der Waals surface area contributed by atoms with Crippen molar-refractivity contribution in [3.05, 3.63) is 59.7 Å². The van der Waals surface area contributed by atoms with E-state index in [0.29, 0.717) is 47.7 Å². The maximum absolute atomic E-state index is 12.8. The molecule has 3 aliphatic carbocycles. The van der Waals surface area contributed by atoms with E-state index in [1.54, 1.807) is 31.4 Å². The van der Waals surface area contributed by atoms with Crippen molar-refractivity contribution in [2.75, 3.05) is 12.9 Å². The van der Waals surface area contributed by atoms with Crippen LogP contribution in [0.15, 0.2) is 64.6 Å². The van der Waals surface area contributed by atoms with Crippen LogP contribution in [-0.4, -0.2) is 43.7 Å². The third-order valence-corrected chi connectivity index (χ3v) is 11.3. The molecule has 5 nitrogen and oxygen atoms in total. The Morgan fingerprint density at radius 2 is 1.92 bits per heavy atom. The molecule has 6 heteroatoms. The van der Waals surface area contributed by atoms with Crippen LogP contribution in [0.4, 0.5) is 0 Å². The Bertz CT molecular complexity index is 1130. The van der Waals surface area contributed by atoms with Crippen LogP contribution in [-0.2, 0) is 9.84 Å². The molecule has 3 aliphatic rings. The van der Waals surface area contributed by atoms with Gasteiger partial charge in [0.25, 0.3) is 0 Å². The van der Waals surface area contributed by atoms with Crippen molar-refractivity contribution in [1.29, 1.82) is 0 Å². The van der Waals surface area contributed by atoms with E-state index in [4.69, 9.17) is 4.74 Å². The number of allylic oxidation sites excluding steroid dienone is 3. The second-order valence-corrected chi connectivity index (χ2v) is 13.9. The molecule has 0 aromatic heterocycles. The van der Waals surface area contributed by atoms with Crippen molar-refractivity contribution in [2.24, 2.45) is 23.2 Å². The number of sulfone groups is 1. The third kappa shape index (κ3) is 6.07. The lowest BCUT2D eigenvalue weighted by molar-refractivity contribution is 0.0861. The largest absolute Gasteiger partial charge is 0.497 e. The molecular weight excluding hydrogens is 484 g/mol. The molecule has 0 saturated heterocycles. The van der Waals surface area contributed by atoms with Crippen molar-refractivity contribution in [3.8, 4) is 5.75 Å². The molecule has 0 heterocycles. The molecule has 204 valence electrons. The van der Waals surface area contributed by atoms with Crippen LogP contribution >= 0.6 is 0 Å². The van der Waals surface area contributed by atoms with Gasteiger partial charge in [0.1, 0.15) is 5.75 Å². The van der Waals surface area contributed by atoms with Crippen LogP contribution in [0.25, 0.3) is 0 Å². The first kappa shape index (κ1) is 28.1. The fourth-order valence-electron chi connectivity index (χ4n) is 7.38. The van der Waals surface area contributed by atoms with Gasteiger partial charge in [-0.3, -0.25) is 0 Å². The quantitative estimate of drug-likeness (QED) is 0.431. The zero-order valence-corrected chi connectivity index (χ0v) is 23.5. The average molecular weight is 529 g/mol. The van der Waals surface area contributed by atoms with Crippen LogP contribution in [0, 0.1) is 23.2 Å². The SMILES string of the molecule is C=C1/C(=C\C=C2/CCC[C@]3(C)[C@@H]([C@H](C)CCCS(=O)(=O)c4ccc(OC)cc4)CC[C@@H]23)C[C@H](O)C[C@H]1O. The number of ether oxygens (including phenoxy) is 1. The van der Waals surface area contributed by atoms with Crippen molar-refractivity contribution < 1.29 is 23.4 Å². The van der Waals surface area contributed by atoms with E-state index in [2.05, 4.69) is 32.6 Å². The third-order valence-electron chi connectivity index (χ3n) is 9.48. The number of fused-ring (bicyclic) bond motifs is 1. The maximum atomic E-state index is 12.8. The van der Waals surface area contributed by atoms with Gasteiger partial charge in [-0.2, -0.15) is 0 Å². The molecule has 1 aromatic rings. The zero-order valence-electron chi connectivity index (χ0n) is 22.7. The Kier molecular flexibility index (Phi) is 8.72. The molecule has 0 aliphatic heterocycles. The summed E-state index contributed by atoms with van der Waals surface area (Å²) in [5.41, 5.74) is 3.43. The Morgan fingerprint density at radius 1 is 1.19 bits per heavy atom. The molecule has 0 amide bonds. The van der Waals surface area contributed by atoms with Gasteiger partial charge in [-0.25, -0.2) is 8.42 Å². The first-order valence-electron chi connectivity index (χ1n) is 13.9. The Labute approximate surface area is 223 Å². The lowest BCUT2D eigenvalue weighted by atomic mass is 9.61. The first-order valence-corrected chi connectivity index (χ1v) is 15.5. The highest BCUT2D eigenvalue weighted by atomic mass is 32.2. The molecule has 1 aromatic carbocycles. The van der Waals surface area contributed by atoms with E-state index < -0.39 is 22.0 Å². The molecule has 37 heavy (non-hydrogen) atoms. The monoisotopic (exact) mass is 528 g/mol. The van der Waals surface area contributed by atoms with Gasteiger partial charge in [0.2, 0.25) is 0 Å². The number of rotatable bonds is 8. The molecule has 0 spiro atoms. The molecule has 0 unspecified atom stereocenters. The van der Waals surface area contributed by atoms with Crippen molar-refractivity contribution in [3.63, 3.8) is 0 Å². The summed E-state index contributed by atoms with van der Waals surface area (Å²) < 4.78 is 30.8. The molecule has 3 fully saturated rings. The smallest absolute Gasteiger partial charge is 0.178 e. The lowest BCUT2D eigenvalue weighted by Crippen LogP contribution is -2.36. The number of methoxy groups -OCH3 is 1. The minimum Gasteiger partial charge on any atom is -0.497 e. The van der Waals surface area contributed by atoms with Gasteiger partial charge in [0, 0.05) is 6.42 Å². The summed E-state index contributed by atoms with van der Waals surface area (Å²) in [5, 5.41) is 20.3. The van der Waals surface area contributed by atoms with E-state index in [-0.39, 0.29) is 11.2 Å². The van der Waals surface area contributed by atoms with Crippen LogP contribution in [0.1, 0.15) is 71.6 Å². The average Bonchev–Trinajstić information content (AvgIpc) is 3.22. The normalized spacial score (nSPS) is 33.5. The summed E-state index contributed by atoms with van der Waals surface area (Å²) in [4.78, 5) is 0.366. The van der Waals surface area contributed by atoms with Gasteiger partial charge in [-0.15, -0.1) is 0 Å². The highest BCUT2D eigenvalue weighted by Gasteiger charge is 2.50. The Balaban J connectivity index is 1.39. The van der Waals surface area contributed by atoms with Crippen molar-refractivity contribution in [1.82, 2.24) is 0 Å². The van der Waals surface area contributed by atoms with Crippen molar-refractivity contribution in [2.45, 2.75) is 88.7 Å². The lowest BCUT2D eigenvalue weighted by Gasteiger charge is -2.44. The van der Waals surface area contributed by atoms with Gasteiger partial charge in [-0.1, -0.05) is 38.2 Å². The highest BCUT2D eigenvalue weighted by Crippen LogP contribution is 2.59. The van der Waals surface area contributed by atoms with E-state index in [1.807, 2.05) is 0 Å². The standard InChI is InChI=1S/C31H44O5S/c1-21(7-6-18-37(34,35)27-13-11-26(36-4)12-14-27)28-15-16-29-23(8-5-17-31(28,29)3)9-10-24-19-25(32)20-30(33)22(24)2/h9-14,21,25,28-30,32-33H,2,5-8,15-20H2,1,3-4H3/b23-9+,24-10-/t21-,25+,28-,29+,30-,31-/m1/s1. The number of hydrogen-bond donors (Lipinski definition) is 2. The first-order chi connectivity index (χ1) is 17.5. The highest BCUT2D eigenvalue weighted by molar-refractivity contribution is 7.91. The van der Waals surface area contributed by atoms with E-state index in [0.717, 1.165) is 24.0 Å². The summed E-state index contributed by atoms with van der Waals surface area (Å²) in [5.74, 6) is 2.44. The molecule has 0 bridgehead atoms. The second-order valence-electron chi connectivity index (χ2n) is 11.8. The summed E-state index contributed by atoms with van der Waals surface area (Å²) in [6.45, 7) is 8.82. The van der Waals surface area contributed by atoms with E-state index in [9.17, 15) is 18.6 Å². The second kappa shape index (κ2) is 11.5. The minimum atomic E-state index is -3.30. The zero-order chi connectivity index (χ0) is 26.8. The maximum Gasteiger partial charge on any atom is 0.178 e. The molecule has 6 atom stereocenters. The topological polar surface area (TPSA) is 83.8 Å². The summed E-state index contributed by atoms with van der Waals surface area (Å²) in [6.07, 6.45) is 11.5. The van der Waals surface area contributed by atoms with Gasteiger partial charge >= 0.3 is 0 Å². The fourth-order valence-corrected chi connectivity index (χ4v) is 8.71. The number of aliphatic hydroxyl groups is 2. The molecule has 3 saturated carbocycles. The van der Waals surface area contributed by atoms with Crippen LogP contribution < -0.4 is 4.74 Å². The number of hydrogen-bond acceptors (Lipinski definition) is 5. The Hall–Kier alpha value is -1.89. The summed E-state index contributed by atoms with van der Waals surface area (Å²) >= 11 is 0. The molecular formula is C31H44O5S. The molecule has 0 radical (unpaired) electrons. The van der Waals surface area contributed by atoms with E-state index >= 15 is 0 Å². The fraction of sp³-hybridized carbons (Fsp3) is 0.613. The Morgan fingerprint density at radius 3 is 2.62 bits per heavy atom. The molecule has 2 N–H and O–H groups in total. The van der Waals surface area contributed by atoms with Gasteiger partial charge in [-0.05, 0) is 110 Å². The summed E-state index contributed by atoms with van der Waals surface area (Å²) in [7, 11) is -1.72. The van der Waals surface area contributed by atoms with Crippen LogP contribution in [0.3, 0.4) is 0 Å². The van der Waals surface area contributed by atoms with Gasteiger partial charge in [0.15, 0.2) is 9.84 Å². The molecule has 4 rings (SSSR count). The van der Waals surface area contributed by atoms with Crippen molar-refractivity contribution >= 4 is 9.84 Å². The van der Waals surface area contributed by atoms with Crippen LogP contribution in [0.5, 0.6) is 5.75 Å². The van der Waals surface area contributed by atoms with Gasteiger partial charge < -0.3 is 14.9 Å². The predicted molar refractivity (Wildman–Crippen MR) is 148 cm³/mol. The van der Waals surface area contributed by atoms with E-state index in [1.165, 1.54) is 31.3 Å². The predicted octanol–water partition coefficient (Wildman–Crippen LogP) is 6.03.